The lowest BCUT2D eigenvalue weighted by atomic mass is 9.97. The molecule has 120 valence electrons. The maximum absolute atomic E-state index is 12.4. The van der Waals surface area contributed by atoms with Crippen molar-refractivity contribution in [1.29, 1.82) is 0 Å². The minimum absolute atomic E-state index is 0.0760. The van der Waals surface area contributed by atoms with Crippen LogP contribution in [0, 0.1) is 5.92 Å². The second kappa shape index (κ2) is 7.97. The molecule has 0 unspecified atom stereocenters. The Kier molecular flexibility index (Phi) is 5.99. The van der Waals surface area contributed by atoms with E-state index in [1.54, 1.807) is 4.90 Å². The molecule has 0 aromatic heterocycles. The molecule has 0 saturated carbocycles. The van der Waals surface area contributed by atoms with E-state index < -0.39 is 0 Å². The van der Waals surface area contributed by atoms with E-state index in [0.717, 1.165) is 50.0 Å². The molecule has 1 aromatic rings. The molecular formula is C18H26N2O2. The Morgan fingerprint density at radius 3 is 2.59 bits per heavy atom. The lowest BCUT2D eigenvalue weighted by Crippen LogP contribution is -2.25. The summed E-state index contributed by atoms with van der Waals surface area (Å²) in [5, 5.41) is 3.01. The molecule has 1 N–H and O–H groups in total. The quantitative estimate of drug-likeness (QED) is 0.828. The highest BCUT2D eigenvalue weighted by molar-refractivity contribution is 5.97. The molecule has 0 spiro atoms. The fraction of sp³-hybridized carbons (Fsp3) is 0.556. The molecule has 1 fully saturated rings. The maximum Gasteiger partial charge on any atom is 0.227 e. The van der Waals surface area contributed by atoms with Crippen molar-refractivity contribution in [3.05, 3.63) is 24.3 Å². The Labute approximate surface area is 132 Å². The molecule has 1 aliphatic heterocycles. The van der Waals surface area contributed by atoms with Crippen LogP contribution in [0.25, 0.3) is 0 Å². The third-order valence-corrected chi connectivity index (χ3v) is 4.14. The molecule has 4 nitrogen and oxygen atoms in total. The van der Waals surface area contributed by atoms with Crippen molar-refractivity contribution in [1.82, 2.24) is 0 Å². The van der Waals surface area contributed by atoms with Crippen LogP contribution in [0.15, 0.2) is 24.3 Å². The van der Waals surface area contributed by atoms with E-state index in [-0.39, 0.29) is 17.7 Å². The molecule has 0 aliphatic carbocycles. The van der Waals surface area contributed by atoms with E-state index >= 15 is 0 Å². The minimum Gasteiger partial charge on any atom is -0.326 e. The smallest absolute Gasteiger partial charge is 0.227 e. The van der Waals surface area contributed by atoms with E-state index in [9.17, 15) is 9.59 Å². The first-order valence-corrected chi connectivity index (χ1v) is 8.37. The van der Waals surface area contributed by atoms with Gasteiger partial charge in [0.05, 0.1) is 0 Å². The summed E-state index contributed by atoms with van der Waals surface area (Å²) >= 11 is 0. The van der Waals surface area contributed by atoms with Crippen molar-refractivity contribution in [2.75, 3.05) is 16.8 Å². The fourth-order valence-corrected chi connectivity index (χ4v) is 3.02. The zero-order chi connectivity index (χ0) is 15.9. The highest BCUT2D eigenvalue weighted by Gasteiger charge is 2.22. The topological polar surface area (TPSA) is 49.4 Å². The van der Waals surface area contributed by atoms with Crippen LogP contribution in [-0.2, 0) is 9.59 Å². The van der Waals surface area contributed by atoms with Crippen LogP contribution >= 0.6 is 0 Å². The van der Waals surface area contributed by atoms with Crippen LogP contribution in [0.4, 0.5) is 11.4 Å². The maximum atomic E-state index is 12.4. The lowest BCUT2D eigenvalue weighted by Gasteiger charge is -2.18. The van der Waals surface area contributed by atoms with E-state index in [1.165, 1.54) is 0 Å². The molecule has 22 heavy (non-hydrogen) atoms. The first-order chi connectivity index (χ1) is 10.7. The van der Waals surface area contributed by atoms with E-state index in [4.69, 9.17) is 0 Å². The van der Waals surface area contributed by atoms with Crippen LogP contribution in [0.5, 0.6) is 0 Å². The Morgan fingerprint density at radius 2 is 2.00 bits per heavy atom. The number of carbonyl (C=O) groups is 2. The molecule has 2 rings (SSSR count). The average molecular weight is 302 g/mol. The van der Waals surface area contributed by atoms with Crippen molar-refractivity contribution in [3.63, 3.8) is 0 Å². The van der Waals surface area contributed by atoms with E-state index in [1.807, 2.05) is 24.3 Å². The molecule has 1 aliphatic rings. The summed E-state index contributed by atoms with van der Waals surface area (Å²) in [4.78, 5) is 26.0. The zero-order valence-electron chi connectivity index (χ0n) is 13.6. The van der Waals surface area contributed by atoms with Gasteiger partial charge in [-0.25, -0.2) is 0 Å². The van der Waals surface area contributed by atoms with Gasteiger partial charge >= 0.3 is 0 Å². The predicted molar refractivity (Wildman–Crippen MR) is 90.0 cm³/mol. The van der Waals surface area contributed by atoms with Gasteiger partial charge in [0, 0.05) is 30.3 Å². The van der Waals surface area contributed by atoms with Crippen molar-refractivity contribution in [2.24, 2.45) is 5.92 Å². The van der Waals surface area contributed by atoms with Gasteiger partial charge in [0.25, 0.3) is 0 Å². The van der Waals surface area contributed by atoms with Crippen molar-refractivity contribution < 1.29 is 9.59 Å². The SMILES string of the molecule is CCCC(CCC)C(=O)Nc1cccc(N2CCCC2=O)c1. The van der Waals surface area contributed by atoms with Gasteiger partial charge in [-0.3, -0.25) is 9.59 Å². The summed E-state index contributed by atoms with van der Waals surface area (Å²) < 4.78 is 0. The molecule has 2 amide bonds. The monoisotopic (exact) mass is 302 g/mol. The van der Waals surface area contributed by atoms with E-state index in [0.29, 0.717) is 6.42 Å². The number of nitrogens with one attached hydrogen (secondary N) is 1. The molecule has 1 saturated heterocycles. The molecule has 0 atom stereocenters. The minimum atomic E-state index is 0.0760. The number of rotatable bonds is 7. The normalized spacial score (nSPS) is 14.7. The Bertz CT molecular complexity index is 522. The lowest BCUT2D eigenvalue weighted by molar-refractivity contribution is -0.120. The van der Waals surface area contributed by atoms with Crippen molar-refractivity contribution in [2.45, 2.75) is 52.4 Å². The van der Waals surface area contributed by atoms with Gasteiger partial charge in [-0.05, 0) is 37.5 Å². The summed E-state index contributed by atoms with van der Waals surface area (Å²) in [6.07, 6.45) is 5.39. The second-order valence-corrected chi connectivity index (χ2v) is 5.96. The summed E-state index contributed by atoms with van der Waals surface area (Å²) in [5.74, 6) is 0.332. The number of amides is 2. The highest BCUT2D eigenvalue weighted by atomic mass is 16.2. The van der Waals surface area contributed by atoms with Gasteiger partial charge in [-0.15, -0.1) is 0 Å². The second-order valence-electron chi connectivity index (χ2n) is 5.96. The average Bonchev–Trinajstić information content (AvgIpc) is 2.93. The van der Waals surface area contributed by atoms with Crippen LogP contribution in [0.2, 0.25) is 0 Å². The van der Waals surface area contributed by atoms with Gasteiger partial charge < -0.3 is 10.2 Å². The molecule has 0 bridgehead atoms. The standard InChI is InChI=1S/C18H26N2O2/c1-3-7-14(8-4-2)18(22)19-15-9-5-10-16(13-15)20-12-6-11-17(20)21/h5,9-10,13-14H,3-4,6-8,11-12H2,1-2H3,(H,19,22). The van der Waals surface area contributed by atoms with Gasteiger partial charge in [0.15, 0.2) is 0 Å². The van der Waals surface area contributed by atoms with Crippen molar-refractivity contribution >= 4 is 23.2 Å². The van der Waals surface area contributed by atoms with Gasteiger partial charge in [-0.2, -0.15) is 0 Å². The Morgan fingerprint density at radius 1 is 1.27 bits per heavy atom. The number of anilines is 2. The molecule has 1 heterocycles. The van der Waals surface area contributed by atoms with Gasteiger partial charge in [0.2, 0.25) is 11.8 Å². The molecule has 1 aromatic carbocycles. The summed E-state index contributed by atoms with van der Waals surface area (Å²) in [7, 11) is 0. The van der Waals surface area contributed by atoms with Crippen molar-refractivity contribution in [3.8, 4) is 0 Å². The summed E-state index contributed by atoms with van der Waals surface area (Å²) in [6, 6.07) is 7.60. The molecular weight excluding hydrogens is 276 g/mol. The number of hydrogen-bond donors (Lipinski definition) is 1. The van der Waals surface area contributed by atoms with Crippen LogP contribution < -0.4 is 10.2 Å². The van der Waals surface area contributed by atoms with Crippen LogP contribution in [-0.4, -0.2) is 18.4 Å². The number of benzene rings is 1. The number of carbonyl (C=O) groups excluding carboxylic acids is 2. The van der Waals surface area contributed by atoms with Gasteiger partial charge in [0.1, 0.15) is 0 Å². The summed E-state index contributed by atoms with van der Waals surface area (Å²) in [6.45, 7) is 4.98. The summed E-state index contributed by atoms with van der Waals surface area (Å²) in [5.41, 5.74) is 1.65. The first-order valence-electron chi connectivity index (χ1n) is 8.37. The largest absolute Gasteiger partial charge is 0.326 e. The van der Waals surface area contributed by atoms with E-state index in [2.05, 4.69) is 19.2 Å². The Hall–Kier alpha value is -1.84. The first kappa shape index (κ1) is 16.5. The number of hydrogen-bond acceptors (Lipinski definition) is 2. The highest BCUT2D eigenvalue weighted by Crippen LogP contribution is 2.25. The van der Waals surface area contributed by atoms with Crippen LogP contribution in [0.1, 0.15) is 52.4 Å². The Balaban J connectivity index is 2.06. The third kappa shape index (κ3) is 4.09. The fourth-order valence-electron chi connectivity index (χ4n) is 3.02. The number of nitrogens with zero attached hydrogens (tertiary/aromatic N) is 1. The third-order valence-electron chi connectivity index (χ3n) is 4.14. The molecule has 0 radical (unpaired) electrons. The van der Waals surface area contributed by atoms with Gasteiger partial charge in [-0.1, -0.05) is 32.8 Å². The molecule has 4 heteroatoms. The zero-order valence-corrected chi connectivity index (χ0v) is 13.6. The van der Waals surface area contributed by atoms with Crippen LogP contribution in [0.3, 0.4) is 0 Å². The predicted octanol–water partition coefficient (Wildman–Crippen LogP) is 3.97.